The highest BCUT2D eigenvalue weighted by Gasteiger charge is 2.34. The number of anilines is 1. The van der Waals surface area contributed by atoms with Gasteiger partial charge in [-0.3, -0.25) is 14.4 Å². The minimum absolute atomic E-state index is 0.0924. The first-order valence-electron chi connectivity index (χ1n) is 14.6. The average Bonchev–Trinajstić information content (AvgIpc) is 3.04. The Morgan fingerprint density at radius 2 is 1.57 bits per heavy atom. The van der Waals surface area contributed by atoms with Crippen molar-refractivity contribution in [2.24, 2.45) is 17.4 Å². The molecule has 1 heterocycles. The van der Waals surface area contributed by atoms with E-state index in [0.29, 0.717) is 25.1 Å². The molecule has 0 bridgehead atoms. The molecule has 2 amide bonds. The number of rotatable bonds is 13. The van der Waals surface area contributed by atoms with Crippen molar-refractivity contribution in [3.8, 4) is 0 Å². The highest BCUT2D eigenvalue weighted by Crippen LogP contribution is 2.22. The van der Waals surface area contributed by atoms with Gasteiger partial charge in [0.15, 0.2) is 0 Å². The summed E-state index contributed by atoms with van der Waals surface area (Å²) < 4.78 is 35.2. The van der Waals surface area contributed by atoms with Crippen LogP contribution in [0.3, 0.4) is 0 Å². The van der Waals surface area contributed by atoms with Gasteiger partial charge in [-0.05, 0) is 54.2 Å². The monoisotopic (exact) mass is 621 g/mol. The fraction of sp³-hybridized carbons (Fsp3) is 0.344. The minimum atomic E-state index is -4.18. The molecule has 0 spiro atoms. The van der Waals surface area contributed by atoms with E-state index >= 15 is 0 Å². The molecule has 3 aromatic rings. The van der Waals surface area contributed by atoms with Gasteiger partial charge in [0, 0.05) is 38.3 Å². The SMILES string of the molecule is NCCC(=O)Nc1cccc(S(=O)(=O)N[C@@H](Cc2cccc(CN)c2)C(=O)N2CCC(C(=O)OCc3ccccc3)CC2)c1. The summed E-state index contributed by atoms with van der Waals surface area (Å²) >= 11 is 0. The first-order chi connectivity index (χ1) is 21.2. The number of hydrogen-bond donors (Lipinski definition) is 4. The van der Waals surface area contributed by atoms with E-state index in [0.717, 1.165) is 16.7 Å². The third kappa shape index (κ3) is 9.20. The Labute approximate surface area is 258 Å². The van der Waals surface area contributed by atoms with Gasteiger partial charge in [0.05, 0.1) is 10.8 Å². The van der Waals surface area contributed by atoms with Crippen LogP contribution in [-0.4, -0.2) is 56.8 Å². The largest absolute Gasteiger partial charge is 0.461 e. The molecule has 0 radical (unpaired) electrons. The molecule has 234 valence electrons. The van der Waals surface area contributed by atoms with E-state index in [1.54, 1.807) is 11.0 Å². The zero-order valence-electron chi connectivity index (χ0n) is 24.5. The number of nitrogens with one attached hydrogen (secondary N) is 2. The fourth-order valence-corrected chi connectivity index (χ4v) is 6.29. The lowest BCUT2D eigenvalue weighted by molar-refractivity contribution is -0.153. The van der Waals surface area contributed by atoms with Crippen molar-refractivity contribution < 1.29 is 27.5 Å². The maximum absolute atomic E-state index is 13.8. The Bertz CT molecular complexity index is 1540. The van der Waals surface area contributed by atoms with Crippen LogP contribution in [-0.2, 0) is 48.7 Å². The second-order valence-corrected chi connectivity index (χ2v) is 12.4. The lowest BCUT2D eigenvalue weighted by Crippen LogP contribution is -2.52. The zero-order valence-corrected chi connectivity index (χ0v) is 25.3. The van der Waals surface area contributed by atoms with Crippen LogP contribution in [0, 0.1) is 5.92 Å². The molecule has 0 aromatic heterocycles. The average molecular weight is 622 g/mol. The van der Waals surface area contributed by atoms with Gasteiger partial charge in [-0.1, -0.05) is 60.7 Å². The summed E-state index contributed by atoms with van der Waals surface area (Å²) in [6.07, 6.45) is 1.01. The number of piperidine rings is 1. The highest BCUT2D eigenvalue weighted by molar-refractivity contribution is 7.89. The van der Waals surface area contributed by atoms with E-state index in [2.05, 4.69) is 10.0 Å². The number of esters is 1. The van der Waals surface area contributed by atoms with Crippen LogP contribution in [0.15, 0.2) is 83.8 Å². The predicted molar refractivity (Wildman–Crippen MR) is 166 cm³/mol. The van der Waals surface area contributed by atoms with E-state index in [-0.39, 0.29) is 61.8 Å². The number of sulfonamides is 1. The number of nitrogens with two attached hydrogens (primary N) is 2. The van der Waals surface area contributed by atoms with Gasteiger partial charge in [-0.25, -0.2) is 8.42 Å². The van der Waals surface area contributed by atoms with Gasteiger partial charge < -0.3 is 26.4 Å². The summed E-state index contributed by atoms with van der Waals surface area (Å²) in [7, 11) is -4.18. The first kappa shape index (κ1) is 32.8. The summed E-state index contributed by atoms with van der Waals surface area (Å²) in [5, 5.41) is 2.63. The van der Waals surface area contributed by atoms with Crippen molar-refractivity contribution in [3.63, 3.8) is 0 Å². The van der Waals surface area contributed by atoms with E-state index in [4.69, 9.17) is 16.2 Å². The Kier molecular flexibility index (Phi) is 11.6. The number of nitrogens with zero attached hydrogens (tertiary/aromatic N) is 1. The van der Waals surface area contributed by atoms with Gasteiger partial charge in [0.25, 0.3) is 0 Å². The Morgan fingerprint density at radius 3 is 2.27 bits per heavy atom. The molecule has 1 fully saturated rings. The van der Waals surface area contributed by atoms with Gasteiger partial charge in [-0.2, -0.15) is 4.72 Å². The van der Waals surface area contributed by atoms with Crippen molar-refractivity contribution in [1.82, 2.24) is 9.62 Å². The molecular weight excluding hydrogens is 582 g/mol. The molecule has 1 atom stereocenters. The van der Waals surface area contributed by atoms with Gasteiger partial charge in [0.1, 0.15) is 12.6 Å². The molecule has 12 heteroatoms. The first-order valence-corrected chi connectivity index (χ1v) is 16.1. The van der Waals surface area contributed by atoms with Crippen molar-refractivity contribution in [2.75, 3.05) is 25.0 Å². The lowest BCUT2D eigenvalue weighted by atomic mass is 9.95. The second kappa shape index (κ2) is 15.6. The molecule has 11 nitrogen and oxygen atoms in total. The predicted octanol–water partition coefficient (Wildman–Crippen LogP) is 2.30. The smallest absolute Gasteiger partial charge is 0.309 e. The zero-order chi connectivity index (χ0) is 31.5. The fourth-order valence-electron chi connectivity index (χ4n) is 5.05. The van der Waals surface area contributed by atoms with Crippen LogP contribution in [0.5, 0.6) is 0 Å². The van der Waals surface area contributed by atoms with E-state index in [1.807, 2.05) is 54.6 Å². The minimum Gasteiger partial charge on any atom is -0.461 e. The topological polar surface area (TPSA) is 174 Å². The van der Waals surface area contributed by atoms with Gasteiger partial charge >= 0.3 is 5.97 Å². The number of likely N-dealkylation sites (tertiary alicyclic amines) is 1. The van der Waals surface area contributed by atoms with Crippen LogP contribution in [0.4, 0.5) is 5.69 Å². The number of carbonyl (C=O) groups is 3. The maximum Gasteiger partial charge on any atom is 0.309 e. The Balaban J connectivity index is 1.47. The highest BCUT2D eigenvalue weighted by atomic mass is 32.2. The number of hydrogen-bond acceptors (Lipinski definition) is 8. The molecule has 1 aliphatic heterocycles. The molecule has 0 aliphatic carbocycles. The van der Waals surface area contributed by atoms with Crippen LogP contribution >= 0.6 is 0 Å². The quantitative estimate of drug-likeness (QED) is 0.210. The van der Waals surface area contributed by atoms with Gasteiger partial charge in [0.2, 0.25) is 21.8 Å². The third-order valence-electron chi connectivity index (χ3n) is 7.43. The Morgan fingerprint density at radius 1 is 0.886 bits per heavy atom. The van der Waals surface area contributed by atoms with Crippen LogP contribution < -0.4 is 21.5 Å². The number of ether oxygens (including phenoxy) is 1. The summed E-state index contributed by atoms with van der Waals surface area (Å²) in [5.74, 6) is -1.39. The maximum atomic E-state index is 13.8. The van der Waals surface area contributed by atoms with Crippen molar-refractivity contribution >= 4 is 33.5 Å². The van der Waals surface area contributed by atoms with E-state index < -0.39 is 22.0 Å². The molecule has 1 saturated heterocycles. The van der Waals surface area contributed by atoms with Crippen LogP contribution in [0.2, 0.25) is 0 Å². The molecule has 0 saturated carbocycles. The molecule has 6 N–H and O–H groups in total. The number of carbonyl (C=O) groups excluding carboxylic acids is 3. The van der Waals surface area contributed by atoms with Crippen LogP contribution in [0.1, 0.15) is 36.0 Å². The molecule has 3 aromatic carbocycles. The van der Waals surface area contributed by atoms with E-state index in [1.165, 1.54) is 18.2 Å². The van der Waals surface area contributed by atoms with Crippen molar-refractivity contribution in [3.05, 3.63) is 95.6 Å². The van der Waals surface area contributed by atoms with Crippen molar-refractivity contribution in [1.29, 1.82) is 0 Å². The summed E-state index contributed by atoms with van der Waals surface area (Å²) in [6, 6.07) is 21.4. The van der Waals surface area contributed by atoms with E-state index in [9.17, 15) is 22.8 Å². The summed E-state index contributed by atoms with van der Waals surface area (Å²) in [5.41, 5.74) is 14.0. The normalized spacial score (nSPS) is 14.5. The lowest BCUT2D eigenvalue weighted by Gasteiger charge is -2.33. The number of benzene rings is 3. The summed E-state index contributed by atoms with van der Waals surface area (Å²) in [4.78, 5) is 40.0. The van der Waals surface area contributed by atoms with Gasteiger partial charge in [-0.15, -0.1) is 0 Å². The van der Waals surface area contributed by atoms with Crippen molar-refractivity contribution in [2.45, 2.75) is 49.8 Å². The summed E-state index contributed by atoms with van der Waals surface area (Å²) in [6.45, 7) is 1.21. The standard InChI is InChI=1S/C32H39N5O6S/c33-15-12-30(38)35-27-10-5-11-28(20-27)44(41,42)36-29(19-24-8-4-9-25(18-24)21-34)31(39)37-16-13-26(14-17-37)32(40)43-22-23-6-2-1-3-7-23/h1-11,18,20,26,29,36H,12-17,19,21-22,33-34H2,(H,35,38)/t29-/m0/s1. The molecular formula is C32H39N5O6S. The van der Waals surface area contributed by atoms with Crippen LogP contribution in [0.25, 0.3) is 0 Å². The molecule has 4 rings (SSSR count). The third-order valence-corrected chi connectivity index (χ3v) is 8.90. The second-order valence-electron chi connectivity index (χ2n) is 10.7. The molecule has 1 aliphatic rings. The molecule has 44 heavy (non-hydrogen) atoms. The number of amides is 2. The Hall–Kier alpha value is -4.10. The molecule has 0 unspecified atom stereocenters.